The highest BCUT2D eigenvalue weighted by molar-refractivity contribution is 4.79. The molecule has 18 heavy (non-hydrogen) atoms. The number of piperidine rings is 1. The van der Waals surface area contributed by atoms with E-state index in [2.05, 4.69) is 25.7 Å². The van der Waals surface area contributed by atoms with E-state index < -0.39 is 0 Å². The maximum Gasteiger partial charge on any atom is 0.0724 e. The van der Waals surface area contributed by atoms with Crippen LogP contribution in [0.2, 0.25) is 0 Å². The van der Waals surface area contributed by atoms with Crippen molar-refractivity contribution >= 4 is 0 Å². The van der Waals surface area contributed by atoms with E-state index in [1.807, 2.05) is 7.11 Å². The first-order valence-electron chi connectivity index (χ1n) is 7.52. The van der Waals surface area contributed by atoms with Gasteiger partial charge in [-0.3, -0.25) is 0 Å². The first kappa shape index (κ1) is 15.9. The Morgan fingerprint density at radius 1 is 1.39 bits per heavy atom. The first-order valence-corrected chi connectivity index (χ1v) is 7.52. The van der Waals surface area contributed by atoms with Gasteiger partial charge in [0.15, 0.2) is 0 Å². The predicted octanol–water partition coefficient (Wildman–Crippen LogP) is 2.35. The molecule has 3 atom stereocenters. The number of rotatable bonds is 7. The molecule has 0 spiro atoms. The molecule has 3 unspecified atom stereocenters. The van der Waals surface area contributed by atoms with Gasteiger partial charge in [0.05, 0.1) is 6.10 Å². The summed E-state index contributed by atoms with van der Waals surface area (Å²) >= 11 is 0. The molecular formula is C15H32N2O. The predicted molar refractivity (Wildman–Crippen MR) is 77.6 cm³/mol. The number of nitrogens with two attached hydrogens (primary N) is 1. The van der Waals surface area contributed by atoms with Crippen LogP contribution in [-0.2, 0) is 4.74 Å². The number of likely N-dealkylation sites (tertiary alicyclic amines) is 1. The molecule has 1 rings (SSSR count). The Morgan fingerprint density at radius 2 is 2.11 bits per heavy atom. The van der Waals surface area contributed by atoms with Gasteiger partial charge in [-0.1, -0.05) is 20.8 Å². The maximum absolute atomic E-state index is 5.87. The maximum atomic E-state index is 5.87. The summed E-state index contributed by atoms with van der Waals surface area (Å²) in [5.41, 5.74) is 5.87. The van der Waals surface area contributed by atoms with Crippen LogP contribution in [0.15, 0.2) is 0 Å². The fourth-order valence-electron chi connectivity index (χ4n) is 2.97. The number of hydrogen-bond acceptors (Lipinski definition) is 3. The Kier molecular flexibility index (Phi) is 7.20. The topological polar surface area (TPSA) is 38.5 Å². The minimum atomic E-state index is 0.417. The van der Waals surface area contributed by atoms with E-state index in [1.54, 1.807) is 0 Å². The van der Waals surface area contributed by atoms with Crippen molar-refractivity contribution in [1.29, 1.82) is 0 Å². The Bertz CT molecular complexity index is 221. The summed E-state index contributed by atoms with van der Waals surface area (Å²) in [6.07, 6.45) is 4.17. The lowest BCUT2D eigenvalue weighted by molar-refractivity contribution is -0.00637. The molecule has 1 saturated heterocycles. The molecular weight excluding hydrogens is 224 g/mol. The molecule has 3 nitrogen and oxygen atoms in total. The lowest BCUT2D eigenvalue weighted by Gasteiger charge is -2.36. The van der Waals surface area contributed by atoms with E-state index in [0.717, 1.165) is 19.0 Å². The highest BCUT2D eigenvalue weighted by Gasteiger charge is 2.26. The molecule has 2 N–H and O–H groups in total. The molecule has 0 radical (unpaired) electrons. The molecule has 1 fully saturated rings. The van der Waals surface area contributed by atoms with Crippen LogP contribution in [0.1, 0.15) is 40.0 Å². The summed E-state index contributed by atoms with van der Waals surface area (Å²) in [6.45, 7) is 11.2. The van der Waals surface area contributed by atoms with E-state index in [1.165, 1.54) is 32.4 Å². The third-order valence-electron chi connectivity index (χ3n) is 4.27. The Morgan fingerprint density at radius 3 is 2.67 bits per heavy atom. The molecule has 0 aliphatic carbocycles. The number of hydrogen-bond donors (Lipinski definition) is 1. The molecule has 0 aromatic carbocycles. The lowest BCUT2D eigenvalue weighted by atomic mass is 9.92. The van der Waals surface area contributed by atoms with Crippen molar-refractivity contribution < 1.29 is 4.74 Å². The van der Waals surface area contributed by atoms with E-state index >= 15 is 0 Å². The number of methoxy groups -OCH3 is 1. The van der Waals surface area contributed by atoms with E-state index in [-0.39, 0.29) is 0 Å². The zero-order valence-electron chi connectivity index (χ0n) is 12.7. The molecule has 1 aliphatic rings. The summed E-state index contributed by atoms with van der Waals surface area (Å²) in [5.74, 6) is 2.14. The highest BCUT2D eigenvalue weighted by Crippen LogP contribution is 2.21. The van der Waals surface area contributed by atoms with Gasteiger partial charge in [0.1, 0.15) is 0 Å². The normalized spacial score (nSPS) is 27.7. The molecule has 108 valence electrons. The van der Waals surface area contributed by atoms with Crippen LogP contribution < -0.4 is 5.73 Å². The molecule has 1 heterocycles. The third-order valence-corrected chi connectivity index (χ3v) is 4.27. The Labute approximate surface area is 113 Å². The van der Waals surface area contributed by atoms with E-state index in [0.29, 0.717) is 17.9 Å². The van der Waals surface area contributed by atoms with Crippen molar-refractivity contribution in [3.05, 3.63) is 0 Å². The standard InChI is InChI=1S/C15H32N2O/c1-12(2)9-14(10-16)6-8-17-7-5-13(3)15(11-17)18-4/h12-15H,5-11,16H2,1-4H3. The summed E-state index contributed by atoms with van der Waals surface area (Å²) in [5, 5.41) is 0. The molecule has 1 aliphatic heterocycles. The molecule has 0 aromatic heterocycles. The molecule has 0 aromatic rings. The summed E-state index contributed by atoms with van der Waals surface area (Å²) in [4.78, 5) is 2.55. The van der Waals surface area contributed by atoms with Crippen molar-refractivity contribution in [2.45, 2.75) is 46.1 Å². The summed E-state index contributed by atoms with van der Waals surface area (Å²) in [7, 11) is 1.84. The minimum Gasteiger partial charge on any atom is -0.380 e. The van der Waals surface area contributed by atoms with Crippen molar-refractivity contribution in [3.63, 3.8) is 0 Å². The smallest absolute Gasteiger partial charge is 0.0724 e. The molecule has 0 bridgehead atoms. The van der Waals surface area contributed by atoms with Gasteiger partial charge in [-0.05, 0) is 56.7 Å². The second kappa shape index (κ2) is 8.13. The molecule has 3 heteroatoms. The zero-order valence-corrected chi connectivity index (χ0v) is 12.7. The third kappa shape index (κ3) is 5.25. The fraction of sp³-hybridized carbons (Fsp3) is 1.00. The van der Waals surface area contributed by atoms with Gasteiger partial charge < -0.3 is 15.4 Å². The van der Waals surface area contributed by atoms with Crippen molar-refractivity contribution in [1.82, 2.24) is 4.90 Å². The number of ether oxygens (including phenoxy) is 1. The fourth-order valence-corrected chi connectivity index (χ4v) is 2.97. The van der Waals surface area contributed by atoms with Crippen LogP contribution in [0.4, 0.5) is 0 Å². The molecule has 0 saturated carbocycles. The second-order valence-corrected chi connectivity index (χ2v) is 6.36. The van der Waals surface area contributed by atoms with E-state index in [4.69, 9.17) is 10.5 Å². The van der Waals surface area contributed by atoms with Gasteiger partial charge in [0.2, 0.25) is 0 Å². The quantitative estimate of drug-likeness (QED) is 0.760. The van der Waals surface area contributed by atoms with Gasteiger partial charge in [-0.2, -0.15) is 0 Å². The minimum absolute atomic E-state index is 0.417. The van der Waals surface area contributed by atoms with Crippen LogP contribution in [0.25, 0.3) is 0 Å². The van der Waals surface area contributed by atoms with Crippen LogP contribution >= 0.6 is 0 Å². The van der Waals surface area contributed by atoms with Gasteiger partial charge in [-0.25, -0.2) is 0 Å². The van der Waals surface area contributed by atoms with Crippen molar-refractivity contribution in [3.8, 4) is 0 Å². The molecule has 0 amide bonds. The Balaban J connectivity index is 2.29. The Hall–Kier alpha value is -0.120. The van der Waals surface area contributed by atoms with Crippen molar-refractivity contribution in [2.24, 2.45) is 23.5 Å². The second-order valence-electron chi connectivity index (χ2n) is 6.36. The van der Waals surface area contributed by atoms with E-state index in [9.17, 15) is 0 Å². The van der Waals surface area contributed by atoms with Gasteiger partial charge in [-0.15, -0.1) is 0 Å². The summed E-state index contributed by atoms with van der Waals surface area (Å²) < 4.78 is 5.56. The van der Waals surface area contributed by atoms with Crippen LogP contribution in [0.5, 0.6) is 0 Å². The summed E-state index contributed by atoms with van der Waals surface area (Å²) in [6, 6.07) is 0. The highest BCUT2D eigenvalue weighted by atomic mass is 16.5. The lowest BCUT2D eigenvalue weighted by Crippen LogP contribution is -2.44. The zero-order chi connectivity index (χ0) is 13.5. The van der Waals surface area contributed by atoms with Crippen LogP contribution in [0.3, 0.4) is 0 Å². The SMILES string of the molecule is COC1CN(CCC(CN)CC(C)C)CCC1C. The average Bonchev–Trinajstić information content (AvgIpc) is 2.35. The van der Waals surface area contributed by atoms with Crippen molar-refractivity contribution in [2.75, 3.05) is 33.3 Å². The number of nitrogens with zero attached hydrogens (tertiary/aromatic N) is 1. The van der Waals surface area contributed by atoms with Gasteiger partial charge >= 0.3 is 0 Å². The first-order chi connectivity index (χ1) is 8.56. The monoisotopic (exact) mass is 256 g/mol. The van der Waals surface area contributed by atoms with Gasteiger partial charge in [0.25, 0.3) is 0 Å². The van der Waals surface area contributed by atoms with Gasteiger partial charge in [0, 0.05) is 13.7 Å². The van der Waals surface area contributed by atoms with Crippen LogP contribution in [-0.4, -0.2) is 44.3 Å². The largest absolute Gasteiger partial charge is 0.380 e. The average molecular weight is 256 g/mol. The van der Waals surface area contributed by atoms with Crippen LogP contribution in [0, 0.1) is 17.8 Å².